The second-order valence-corrected chi connectivity index (χ2v) is 17.0. The van der Waals surface area contributed by atoms with Crippen LogP contribution in [0.25, 0.3) is 0 Å². The van der Waals surface area contributed by atoms with Crippen molar-refractivity contribution in [2.24, 2.45) is 5.73 Å². The molecule has 0 bridgehead atoms. The van der Waals surface area contributed by atoms with Crippen LogP contribution in [0.4, 0.5) is 0 Å². The molecule has 0 amide bonds. The Morgan fingerprint density at radius 1 is 0.533 bits per heavy atom. The van der Waals surface area contributed by atoms with Gasteiger partial charge in [-0.2, -0.15) is 0 Å². The first kappa shape index (κ1) is 57.2. The molecule has 0 aliphatic carbocycles. The SMILES string of the molecule is CC/C=C/C/C=C/C/C=C/C/C=C/CCCCC(=O)OC[C@@H](COP(=O)(O)OC[C@H](N)C(=O)O)OC(=O)CCCCCCCCCCCCC/C=C/CCCCCCCC. The van der Waals surface area contributed by atoms with E-state index < -0.39 is 51.1 Å². The third-order valence-electron chi connectivity index (χ3n) is 9.75. The van der Waals surface area contributed by atoms with Gasteiger partial charge in [0.05, 0.1) is 13.2 Å². The highest BCUT2D eigenvalue weighted by Crippen LogP contribution is 2.43. The molecule has 11 nitrogen and oxygen atoms in total. The molecule has 0 saturated carbocycles. The Morgan fingerprint density at radius 2 is 0.933 bits per heavy atom. The number of carboxylic acids is 1. The van der Waals surface area contributed by atoms with E-state index in [4.69, 9.17) is 24.8 Å². The molecule has 0 aromatic heterocycles. The van der Waals surface area contributed by atoms with Crippen molar-refractivity contribution in [2.75, 3.05) is 19.8 Å². The highest BCUT2D eigenvalue weighted by Gasteiger charge is 2.28. The van der Waals surface area contributed by atoms with Gasteiger partial charge in [0.15, 0.2) is 6.10 Å². The lowest BCUT2D eigenvalue weighted by molar-refractivity contribution is -0.161. The van der Waals surface area contributed by atoms with Crippen LogP contribution in [0, 0.1) is 0 Å². The van der Waals surface area contributed by atoms with E-state index >= 15 is 0 Å². The number of carbonyl (C=O) groups is 3. The summed E-state index contributed by atoms with van der Waals surface area (Å²) in [4.78, 5) is 46.0. The lowest BCUT2D eigenvalue weighted by Gasteiger charge is -2.20. The second-order valence-electron chi connectivity index (χ2n) is 15.5. The molecule has 4 N–H and O–H groups in total. The summed E-state index contributed by atoms with van der Waals surface area (Å²) in [6.45, 7) is 2.65. The molecule has 12 heteroatoms. The van der Waals surface area contributed by atoms with Gasteiger partial charge in [0.25, 0.3) is 0 Å². The van der Waals surface area contributed by atoms with Crippen LogP contribution in [0.5, 0.6) is 0 Å². The number of phosphoric acid groups is 1. The predicted octanol–water partition coefficient (Wildman–Crippen LogP) is 12.7. The maximum atomic E-state index is 12.7. The molecule has 0 spiro atoms. The van der Waals surface area contributed by atoms with Gasteiger partial charge in [-0.3, -0.25) is 23.4 Å². The van der Waals surface area contributed by atoms with Gasteiger partial charge in [-0.25, -0.2) is 4.57 Å². The number of carboxylic acid groups (broad SMARTS) is 1. The molecule has 0 aromatic carbocycles. The van der Waals surface area contributed by atoms with Crippen LogP contribution in [0.2, 0.25) is 0 Å². The molecule has 1 unspecified atom stereocenters. The number of hydrogen-bond donors (Lipinski definition) is 3. The zero-order chi connectivity index (χ0) is 44.2. The normalized spacial score (nSPS) is 14.2. The van der Waals surface area contributed by atoms with Crippen molar-refractivity contribution in [3.05, 3.63) is 60.8 Å². The summed E-state index contributed by atoms with van der Waals surface area (Å²) in [5.41, 5.74) is 5.34. The number of hydrogen-bond acceptors (Lipinski definition) is 9. The van der Waals surface area contributed by atoms with Crippen molar-refractivity contribution >= 4 is 25.7 Å². The number of aliphatic carboxylic acids is 1. The zero-order valence-electron chi connectivity index (χ0n) is 37.5. The summed E-state index contributed by atoms with van der Waals surface area (Å²) in [5.74, 6) is -2.43. The molecule has 0 heterocycles. The molecular formula is C48H84NO10P. The Balaban J connectivity index is 4.34. The minimum Gasteiger partial charge on any atom is -0.480 e. The van der Waals surface area contributed by atoms with E-state index in [1.165, 1.54) is 96.3 Å². The van der Waals surface area contributed by atoms with Crippen molar-refractivity contribution in [3.8, 4) is 0 Å². The van der Waals surface area contributed by atoms with Crippen molar-refractivity contribution in [3.63, 3.8) is 0 Å². The van der Waals surface area contributed by atoms with Gasteiger partial charge in [-0.05, 0) is 77.0 Å². The van der Waals surface area contributed by atoms with Crippen LogP contribution in [-0.2, 0) is 37.5 Å². The van der Waals surface area contributed by atoms with E-state index in [1.807, 2.05) is 0 Å². The minimum absolute atomic E-state index is 0.150. The standard InChI is InChI=1S/C48H84NO10P/c1-3-5-7-9-11-13-15-17-19-20-21-22-23-24-26-28-30-32-34-36-38-40-47(51)59-44(42-57-60(54,55)58-43-45(49)48(52)53)41-56-46(50)39-37-35-33-31-29-27-25-18-16-14-12-10-8-6-4-2/h6,8,12,14,17-19,25,29,31,44-45H,3-5,7,9-11,13,15-16,20-24,26-28,30,32-43,49H2,1-2H3,(H,52,53)(H,54,55)/b8-6+,14-12+,19-17+,25-18+,31-29+/t44-,45-/m0/s1. The Bertz CT molecular complexity index is 1250. The molecule has 0 aliphatic heterocycles. The van der Waals surface area contributed by atoms with E-state index in [2.05, 4.69) is 79.1 Å². The average molecular weight is 866 g/mol. The number of nitrogens with two attached hydrogens (primary N) is 1. The predicted molar refractivity (Wildman–Crippen MR) is 245 cm³/mol. The number of allylic oxidation sites excluding steroid dienone is 10. The zero-order valence-corrected chi connectivity index (χ0v) is 38.4. The topological polar surface area (TPSA) is 172 Å². The van der Waals surface area contributed by atoms with Gasteiger partial charge in [-0.15, -0.1) is 0 Å². The fourth-order valence-electron chi connectivity index (χ4n) is 6.11. The Labute approximate surface area is 364 Å². The van der Waals surface area contributed by atoms with Crippen molar-refractivity contribution in [2.45, 2.75) is 206 Å². The molecule has 60 heavy (non-hydrogen) atoms. The first-order chi connectivity index (χ1) is 29.1. The molecular weight excluding hydrogens is 781 g/mol. The van der Waals surface area contributed by atoms with Crippen LogP contribution in [-0.4, -0.2) is 59.9 Å². The van der Waals surface area contributed by atoms with Crippen LogP contribution in [0.15, 0.2) is 60.8 Å². The van der Waals surface area contributed by atoms with E-state index in [9.17, 15) is 23.8 Å². The Hall–Kier alpha value is -2.82. The fourth-order valence-corrected chi connectivity index (χ4v) is 6.89. The fraction of sp³-hybridized carbons (Fsp3) is 0.729. The molecule has 0 fully saturated rings. The van der Waals surface area contributed by atoms with Gasteiger partial charge in [0.2, 0.25) is 0 Å². The Morgan fingerprint density at radius 3 is 1.45 bits per heavy atom. The molecule has 3 atom stereocenters. The summed E-state index contributed by atoms with van der Waals surface area (Å²) in [6.07, 6.45) is 50.0. The lowest BCUT2D eigenvalue weighted by atomic mass is 10.0. The number of ether oxygens (including phenoxy) is 2. The van der Waals surface area contributed by atoms with E-state index in [1.54, 1.807) is 0 Å². The van der Waals surface area contributed by atoms with E-state index in [-0.39, 0.29) is 19.4 Å². The smallest absolute Gasteiger partial charge is 0.472 e. The maximum Gasteiger partial charge on any atom is 0.472 e. The molecule has 0 aromatic rings. The summed E-state index contributed by atoms with van der Waals surface area (Å²) in [7, 11) is -4.73. The summed E-state index contributed by atoms with van der Waals surface area (Å²) >= 11 is 0. The monoisotopic (exact) mass is 866 g/mol. The van der Waals surface area contributed by atoms with E-state index in [0.717, 1.165) is 57.8 Å². The highest BCUT2D eigenvalue weighted by atomic mass is 31.2. The first-order valence-electron chi connectivity index (χ1n) is 23.3. The van der Waals surface area contributed by atoms with Crippen molar-refractivity contribution < 1.29 is 47.5 Å². The molecule has 0 saturated heterocycles. The van der Waals surface area contributed by atoms with E-state index in [0.29, 0.717) is 12.8 Å². The number of esters is 2. The number of rotatable bonds is 43. The number of carbonyl (C=O) groups excluding carboxylic acids is 2. The number of phosphoric ester groups is 1. The second kappa shape index (κ2) is 42.9. The van der Waals surface area contributed by atoms with Crippen LogP contribution in [0.3, 0.4) is 0 Å². The van der Waals surface area contributed by atoms with Crippen molar-refractivity contribution in [1.29, 1.82) is 0 Å². The summed E-state index contributed by atoms with van der Waals surface area (Å²) < 4.78 is 32.7. The average Bonchev–Trinajstić information content (AvgIpc) is 3.22. The van der Waals surface area contributed by atoms with Gasteiger partial charge < -0.3 is 25.2 Å². The minimum atomic E-state index is -4.73. The van der Waals surface area contributed by atoms with Crippen LogP contribution >= 0.6 is 7.82 Å². The van der Waals surface area contributed by atoms with Crippen molar-refractivity contribution in [1.82, 2.24) is 0 Å². The van der Waals surface area contributed by atoms with Gasteiger partial charge in [0, 0.05) is 12.8 Å². The summed E-state index contributed by atoms with van der Waals surface area (Å²) in [5, 5.41) is 8.90. The quantitative estimate of drug-likeness (QED) is 0.0230. The molecule has 0 rings (SSSR count). The molecule has 0 aliphatic rings. The highest BCUT2D eigenvalue weighted by molar-refractivity contribution is 7.47. The first-order valence-corrected chi connectivity index (χ1v) is 24.8. The Kier molecular flexibility index (Phi) is 40.8. The van der Waals surface area contributed by atoms with Gasteiger partial charge in [0.1, 0.15) is 12.6 Å². The van der Waals surface area contributed by atoms with Crippen LogP contribution in [0.1, 0.15) is 194 Å². The van der Waals surface area contributed by atoms with Gasteiger partial charge >= 0.3 is 25.7 Å². The third kappa shape index (κ3) is 41.9. The third-order valence-corrected chi connectivity index (χ3v) is 10.7. The number of unbranched alkanes of at least 4 members (excludes halogenated alkanes) is 19. The maximum absolute atomic E-state index is 12.7. The van der Waals surface area contributed by atoms with Crippen LogP contribution < -0.4 is 5.73 Å². The summed E-state index contributed by atoms with van der Waals surface area (Å²) in [6, 6.07) is -1.53. The van der Waals surface area contributed by atoms with Gasteiger partial charge in [-0.1, -0.05) is 164 Å². The molecule has 346 valence electrons. The lowest BCUT2D eigenvalue weighted by Crippen LogP contribution is -2.34. The largest absolute Gasteiger partial charge is 0.480 e. The molecule has 0 radical (unpaired) electrons.